The molecule has 2 aliphatic heterocycles. The fourth-order valence-electron chi connectivity index (χ4n) is 5.80. The molecule has 4 aromatic rings. The number of phenols is 1. The van der Waals surface area contributed by atoms with Gasteiger partial charge in [0.15, 0.2) is 0 Å². The van der Waals surface area contributed by atoms with Crippen molar-refractivity contribution < 1.29 is 9.84 Å². The van der Waals surface area contributed by atoms with Gasteiger partial charge >= 0.3 is 0 Å². The van der Waals surface area contributed by atoms with Gasteiger partial charge in [-0.15, -0.1) is 11.3 Å². The minimum absolute atomic E-state index is 0.327. The number of ether oxygens (including phenoxy) is 1. The van der Waals surface area contributed by atoms with Crippen LogP contribution in [0.5, 0.6) is 5.75 Å². The van der Waals surface area contributed by atoms with E-state index in [0.717, 1.165) is 44.0 Å². The summed E-state index contributed by atoms with van der Waals surface area (Å²) >= 11 is 1.78. The second kappa shape index (κ2) is 11.0. The lowest BCUT2D eigenvalue weighted by Gasteiger charge is -2.32. The van der Waals surface area contributed by atoms with Crippen LogP contribution in [-0.4, -0.2) is 54.3 Å². The predicted molar refractivity (Wildman–Crippen MR) is 153 cm³/mol. The summed E-state index contributed by atoms with van der Waals surface area (Å²) in [6.45, 7) is 9.42. The van der Waals surface area contributed by atoms with Crippen LogP contribution in [0.15, 0.2) is 66.7 Å². The maximum absolute atomic E-state index is 10.1. The van der Waals surface area contributed by atoms with E-state index in [2.05, 4.69) is 71.3 Å². The molecule has 0 aliphatic carbocycles. The van der Waals surface area contributed by atoms with E-state index in [1.165, 1.54) is 64.0 Å². The highest BCUT2D eigenvalue weighted by Gasteiger charge is 2.20. The SMILES string of the molecule is CC(c1ccc(-c2sc3cc(O)ccc3c2Cc2ccc(CN3CCCC3)cc2)cc1)N1CCOCC1. The normalized spacial score (nSPS) is 18.0. The zero-order valence-electron chi connectivity index (χ0n) is 21.7. The van der Waals surface area contributed by atoms with Crippen molar-refractivity contribution in [1.82, 2.24) is 9.80 Å². The predicted octanol–water partition coefficient (Wildman–Crippen LogP) is 6.85. The minimum Gasteiger partial charge on any atom is -0.508 e. The van der Waals surface area contributed by atoms with Crippen molar-refractivity contribution in [3.05, 3.63) is 89.0 Å². The van der Waals surface area contributed by atoms with E-state index in [4.69, 9.17) is 4.74 Å². The van der Waals surface area contributed by atoms with Crippen molar-refractivity contribution in [3.8, 4) is 16.2 Å². The number of likely N-dealkylation sites (tertiary alicyclic amines) is 1. The first kappa shape index (κ1) is 24.6. The number of rotatable bonds is 7. The van der Waals surface area contributed by atoms with Gasteiger partial charge in [-0.05, 0) is 90.7 Å². The Bertz CT molecular complexity index is 1330. The molecule has 2 fully saturated rings. The number of fused-ring (bicyclic) bond motifs is 1. The smallest absolute Gasteiger partial charge is 0.117 e. The second-order valence-corrected chi connectivity index (χ2v) is 11.6. The van der Waals surface area contributed by atoms with Crippen LogP contribution in [0.3, 0.4) is 0 Å². The molecule has 0 saturated carbocycles. The monoisotopic (exact) mass is 512 g/mol. The van der Waals surface area contributed by atoms with Crippen molar-refractivity contribution in [2.24, 2.45) is 0 Å². The van der Waals surface area contributed by atoms with E-state index < -0.39 is 0 Å². The summed E-state index contributed by atoms with van der Waals surface area (Å²) in [4.78, 5) is 6.35. The van der Waals surface area contributed by atoms with Crippen molar-refractivity contribution in [2.45, 2.75) is 38.8 Å². The number of aromatic hydroxyl groups is 1. The highest BCUT2D eigenvalue weighted by molar-refractivity contribution is 7.22. The Hall–Kier alpha value is -2.70. The van der Waals surface area contributed by atoms with E-state index in [1.807, 2.05) is 12.1 Å². The molecular formula is C32H36N2O2S. The summed E-state index contributed by atoms with van der Waals surface area (Å²) in [6, 6.07) is 24.5. The second-order valence-electron chi connectivity index (χ2n) is 10.5. The molecule has 5 heteroatoms. The summed E-state index contributed by atoms with van der Waals surface area (Å²) in [5.74, 6) is 0.327. The van der Waals surface area contributed by atoms with Gasteiger partial charge in [-0.3, -0.25) is 9.80 Å². The lowest BCUT2D eigenvalue weighted by molar-refractivity contribution is 0.0198. The Morgan fingerprint density at radius 1 is 0.865 bits per heavy atom. The zero-order valence-corrected chi connectivity index (χ0v) is 22.5. The van der Waals surface area contributed by atoms with Crippen LogP contribution in [0.25, 0.3) is 20.5 Å². The number of hydrogen-bond acceptors (Lipinski definition) is 5. The molecule has 0 bridgehead atoms. The van der Waals surface area contributed by atoms with Crippen LogP contribution in [0.2, 0.25) is 0 Å². The van der Waals surface area contributed by atoms with Crippen LogP contribution in [0, 0.1) is 0 Å². The number of morpholine rings is 1. The molecule has 2 aliphatic rings. The molecule has 37 heavy (non-hydrogen) atoms. The number of benzene rings is 3. The molecule has 0 spiro atoms. The van der Waals surface area contributed by atoms with Crippen LogP contribution in [0.4, 0.5) is 0 Å². The topological polar surface area (TPSA) is 35.9 Å². The number of hydrogen-bond donors (Lipinski definition) is 1. The largest absolute Gasteiger partial charge is 0.508 e. The summed E-state index contributed by atoms with van der Waals surface area (Å²) in [5, 5.41) is 11.4. The maximum atomic E-state index is 10.1. The Balaban J connectivity index is 1.27. The average molecular weight is 513 g/mol. The van der Waals surface area contributed by atoms with E-state index in [-0.39, 0.29) is 0 Å². The van der Waals surface area contributed by atoms with Gasteiger partial charge in [0, 0.05) is 35.3 Å². The number of phenolic OH excluding ortho intramolecular Hbond substituents is 1. The van der Waals surface area contributed by atoms with Crippen LogP contribution >= 0.6 is 11.3 Å². The van der Waals surface area contributed by atoms with Gasteiger partial charge < -0.3 is 9.84 Å². The molecule has 2 saturated heterocycles. The fourth-order valence-corrected chi connectivity index (χ4v) is 7.06. The molecule has 1 aromatic heterocycles. The zero-order chi connectivity index (χ0) is 25.2. The van der Waals surface area contributed by atoms with Crippen molar-refractivity contribution in [3.63, 3.8) is 0 Å². The van der Waals surface area contributed by atoms with Gasteiger partial charge in [0.2, 0.25) is 0 Å². The Morgan fingerprint density at radius 3 is 2.30 bits per heavy atom. The van der Waals surface area contributed by atoms with Crippen molar-refractivity contribution >= 4 is 21.4 Å². The molecule has 1 atom stereocenters. The Kier molecular flexibility index (Phi) is 7.30. The third kappa shape index (κ3) is 5.46. The molecule has 4 nitrogen and oxygen atoms in total. The number of nitrogens with zero attached hydrogens (tertiary/aromatic N) is 2. The van der Waals surface area contributed by atoms with Crippen molar-refractivity contribution in [2.75, 3.05) is 39.4 Å². The lowest BCUT2D eigenvalue weighted by atomic mass is 9.97. The summed E-state index contributed by atoms with van der Waals surface area (Å²) in [7, 11) is 0. The molecule has 0 amide bonds. The first-order chi connectivity index (χ1) is 18.1. The third-order valence-electron chi connectivity index (χ3n) is 8.03. The van der Waals surface area contributed by atoms with Gasteiger partial charge in [0.05, 0.1) is 13.2 Å². The highest BCUT2D eigenvalue weighted by atomic mass is 32.1. The summed E-state index contributed by atoms with van der Waals surface area (Å²) in [6.07, 6.45) is 3.54. The molecule has 0 radical (unpaired) electrons. The van der Waals surface area contributed by atoms with Gasteiger partial charge in [0.1, 0.15) is 5.75 Å². The average Bonchev–Trinajstić information content (AvgIpc) is 3.57. The van der Waals surface area contributed by atoms with Gasteiger partial charge in [-0.25, -0.2) is 0 Å². The van der Waals surface area contributed by atoms with E-state index in [1.54, 1.807) is 11.3 Å². The fraction of sp³-hybridized carbons (Fsp3) is 0.375. The van der Waals surface area contributed by atoms with Crippen LogP contribution in [-0.2, 0) is 17.7 Å². The first-order valence-corrected chi connectivity index (χ1v) is 14.4. The van der Waals surface area contributed by atoms with Crippen molar-refractivity contribution in [1.29, 1.82) is 0 Å². The molecule has 3 heterocycles. The quantitative estimate of drug-likeness (QED) is 0.294. The van der Waals surface area contributed by atoms with Gasteiger partial charge in [-0.2, -0.15) is 0 Å². The standard InChI is InChI=1S/C32H36N2O2S/c1-23(34-16-18-36-19-17-34)26-8-10-27(11-9-26)32-30(29-13-12-28(35)21-31(29)37-32)20-24-4-6-25(7-5-24)22-33-14-2-3-15-33/h4-13,21,23,35H,2-3,14-20,22H2,1H3. The minimum atomic E-state index is 0.327. The van der Waals surface area contributed by atoms with Gasteiger partial charge in [-0.1, -0.05) is 48.5 Å². The highest BCUT2D eigenvalue weighted by Crippen LogP contribution is 2.41. The molecule has 6 rings (SSSR count). The van der Waals surface area contributed by atoms with E-state index in [9.17, 15) is 5.11 Å². The van der Waals surface area contributed by atoms with E-state index >= 15 is 0 Å². The van der Waals surface area contributed by atoms with Gasteiger partial charge in [0.25, 0.3) is 0 Å². The third-order valence-corrected chi connectivity index (χ3v) is 9.28. The maximum Gasteiger partial charge on any atom is 0.117 e. The lowest BCUT2D eigenvalue weighted by Crippen LogP contribution is -2.37. The Morgan fingerprint density at radius 2 is 1.57 bits per heavy atom. The summed E-state index contributed by atoms with van der Waals surface area (Å²) < 4.78 is 6.68. The van der Waals surface area contributed by atoms with Crippen LogP contribution in [0.1, 0.15) is 48.1 Å². The molecule has 1 unspecified atom stereocenters. The number of thiophene rings is 1. The summed E-state index contributed by atoms with van der Waals surface area (Å²) in [5.41, 5.74) is 6.67. The molecular weight excluding hydrogens is 476 g/mol. The van der Waals surface area contributed by atoms with E-state index in [0.29, 0.717) is 11.8 Å². The Labute approximate surface area is 224 Å². The first-order valence-electron chi connectivity index (χ1n) is 13.6. The molecule has 1 N–H and O–H groups in total. The molecule has 192 valence electrons. The van der Waals surface area contributed by atoms with Crippen LogP contribution < -0.4 is 0 Å². The molecule has 3 aromatic carbocycles.